The van der Waals surface area contributed by atoms with Crippen molar-refractivity contribution in [3.63, 3.8) is 0 Å². The number of ether oxygens (including phenoxy) is 4. The summed E-state index contributed by atoms with van der Waals surface area (Å²) in [5.74, 6) is 1.81. The molecule has 0 spiro atoms. The van der Waals surface area contributed by atoms with Crippen molar-refractivity contribution in [3.05, 3.63) is 51.9 Å². The number of benzene rings is 2. The SMILES string of the molecule is CCCc1cc2c(=O)c(-c3ccc4c(c3)OCCO4)c(C)oc2cc1OCC(=O)OC(C)(C)C. The van der Waals surface area contributed by atoms with Crippen molar-refractivity contribution in [2.75, 3.05) is 19.8 Å². The number of hydrogen-bond donors (Lipinski definition) is 0. The maximum atomic E-state index is 13.6. The van der Waals surface area contributed by atoms with Gasteiger partial charge in [-0.3, -0.25) is 4.79 Å². The van der Waals surface area contributed by atoms with E-state index in [-0.39, 0.29) is 12.0 Å². The third kappa shape index (κ3) is 5.03. The number of rotatable bonds is 6. The Morgan fingerprint density at radius 1 is 1.06 bits per heavy atom. The topological polar surface area (TPSA) is 84.2 Å². The van der Waals surface area contributed by atoms with Crippen LogP contribution < -0.4 is 19.6 Å². The summed E-state index contributed by atoms with van der Waals surface area (Å²) in [5.41, 5.74) is 1.70. The molecule has 0 unspecified atom stereocenters. The van der Waals surface area contributed by atoms with Crippen LogP contribution in [0.4, 0.5) is 0 Å². The number of carbonyl (C=O) groups excluding carboxylic acids is 1. The van der Waals surface area contributed by atoms with E-state index in [4.69, 9.17) is 23.4 Å². The van der Waals surface area contributed by atoms with E-state index in [0.717, 1.165) is 12.0 Å². The second-order valence-corrected chi connectivity index (χ2v) is 9.30. The average molecular weight is 467 g/mol. The highest BCUT2D eigenvalue weighted by Gasteiger charge is 2.21. The maximum absolute atomic E-state index is 13.6. The van der Waals surface area contributed by atoms with Gasteiger partial charge in [0.15, 0.2) is 18.1 Å². The van der Waals surface area contributed by atoms with Crippen molar-refractivity contribution in [2.45, 2.75) is 53.1 Å². The van der Waals surface area contributed by atoms with E-state index in [1.165, 1.54) is 0 Å². The van der Waals surface area contributed by atoms with Crippen LogP contribution in [-0.4, -0.2) is 31.4 Å². The number of carbonyl (C=O) groups is 1. The van der Waals surface area contributed by atoms with Crippen LogP contribution in [-0.2, 0) is 16.0 Å². The molecule has 0 saturated heterocycles. The Morgan fingerprint density at radius 3 is 2.50 bits per heavy atom. The normalized spacial score (nSPS) is 13.1. The first kappa shape index (κ1) is 23.7. The fourth-order valence-electron chi connectivity index (χ4n) is 4.02. The Balaban J connectivity index is 1.73. The molecular formula is C27H30O7. The van der Waals surface area contributed by atoms with Gasteiger partial charge >= 0.3 is 5.97 Å². The van der Waals surface area contributed by atoms with Crippen LogP contribution in [0.1, 0.15) is 45.4 Å². The fraction of sp³-hybridized carbons (Fsp3) is 0.407. The highest BCUT2D eigenvalue weighted by molar-refractivity contribution is 5.85. The second-order valence-electron chi connectivity index (χ2n) is 9.30. The molecule has 4 rings (SSSR count). The lowest BCUT2D eigenvalue weighted by molar-refractivity contribution is -0.157. The molecule has 3 aromatic rings. The van der Waals surface area contributed by atoms with E-state index < -0.39 is 11.6 Å². The molecule has 7 nitrogen and oxygen atoms in total. The summed E-state index contributed by atoms with van der Waals surface area (Å²) >= 11 is 0. The standard InChI is InChI=1S/C27H30O7/c1-6-7-17-12-19-22(14-21(17)32-15-24(28)34-27(3,4)5)33-16(2)25(26(19)29)18-8-9-20-23(13-18)31-11-10-30-20/h8-9,12-14H,6-7,10-11,15H2,1-5H3. The zero-order chi connectivity index (χ0) is 24.5. The molecule has 0 saturated carbocycles. The van der Waals surface area contributed by atoms with Crippen LogP contribution >= 0.6 is 0 Å². The van der Waals surface area contributed by atoms with E-state index in [1.807, 2.05) is 25.1 Å². The largest absolute Gasteiger partial charge is 0.486 e. The zero-order valence-corrected chi connectivity index (χ0v) is 20.3. The lowest BCUT2D eigenvalue weighted by Gasteiger charge is -2.20. The van der Waals surface area contributed by atoms with E-state index in [9.17, 15) is 9.59 Å². The molecule has 1 aliphatic heterocycles. The minimum Gasteiger partial charge on any atom is -0.486 e. The molecule has 2 heterocycles. The number of hydrogen-bond acceptors (Lipinski definition) is 7. The molecule has 180 valence electrons. The first-order chi connectivity index (χ1) is 16.2. The predicted octanol–water partition coefficient (Wildman–Crippen LogP) is 5.21. The lowest BCUT2D eigenvalue weighted by Crippen LogP contribution is -2.27. The van der Waals surface area contributed by atoms with E-state index in [0.29, 0.717) is 64.7 Å². The molecule has 0 bridgehead atoms. The molecule has 0 atom stereocenters. The minimum atomic E-state index is -0.593. The van der Waals surface area contributed by atoms with Gasteiger partial charge in [0, 0.05) is 6.07 Å². The monoisotopic (exact) mass is 466 g/mol. The van der Waals surface area contributed by atoms with Gasteiger partial charge in [-0.05, 0) is 63.4 Å². The van der Waals surface area contributed by atoms with Crippen LogP contribution in [0.3, 0.4) is 0 Å². The Bertz CT molecular complexity index is 1280. The summed E-state index contributed by atoms with van der Waals surface area (Å²) in [4.78, 5) is 25.7. The Kier molecular flexibility index (Phi) is 6.55. The van der Waals surface area contributed by atoms with Gasteiger partial charge in [-0.2, -0.15) is 0 Å². The zero-order valence-electron chi connectivity index (χ0n) is 20.3. The minimum absolute atomic E-state index is 0.133. The van der Waals surface area contributed by atoms with Gasteiger partial charge in [0.1, 0.15) is 35.9 Å². The van der Waals surface area contributed by atoms with Crippen LogP contribution in [0, 0.1) is 6.92 Å². The molecule has 0 fully saturated rings. The van der Waals surface area contributed by atoms with Crippen molar-refractivity contribution in [3.8, 4) is 28.4 Å². The molecule has 0 radical (unpaired) electrons. The number of aryl methyl sites for hydroxylation is 2. The molecule has 34 heavy (non-hydrogen) atoms. The van der Waals surface area contributed by atoms with Gasteiger partial charge in [-0.25, -0.2) is 4.79 Å². The average Bonchev–Trinajstić information content (AvgIpc) is 2.77. The van der Waals surface area contributed by atoms with E-state index in [1.54, 1.807) is 39.8 Å². The summed E-state index contributed by atoms with van der Waals surface area (Å²) in [6.07, 6.45) is 1.53. The van der Waals surface area contributed by atoms with Gasteiger partial charge in [0.25, 0.3) is 0 Å². The molecule has 2 aromatic carbocycles. The molecule has 1 aromatic heterocycles. The fourth-order valence-corrected chi connectivity index (χ4v) is 4.02. The van der Waals surface area contributed by atoms with Crippen molar-refractivity contribution >= 4 is 16.9 Å². The van der Waals surface area contributed by atoms with Crippen molar-refractivity contribution in [1.82, 2.24) is 0 Å². The van der Waals surface area contributed by atoms with Gasteiger partial charge in [0.05, 0.1) is 10.9 Å². The molecule has 0 amide bonds. The van der Waals surface area contributed by atoms with Crippen molar-refractivity contribution < 1.29 is 28.2 Å². The molecule has 0 aliphatic carbocycles. The third-order valence-electron chi connectivity index (χ3n) is 5.37. The van der Waals surface area contributed by atoms with Gasteiger partial charge in [-0.15, -0.1) is 0 Å². The Morgan fingerprint density at radius 2 is 1.79 bits per heavy atom. The quantitative estimate of drug-likeness (QED) is 0.461. The second kappa shape index (κ2) is 9.41. The van der Waals surface area contributed by atoms with Crippen LogP contribution in [0.5, 0.6) is 17.2 Å². The summed E-state index contributed by atoms with van der Waals surface area (Å²) in [6, 6.07) is 8.94. The van der Waals surface area contributed by atoms with Gasteiger partial charge < -0.3 is 23.4 Å². The molecular weight excluding hydrogens is 436 g/mol. The first-order valence-electron chi connectivity index (χ1n) is 11.5. The van der Waals surface area contributed by atoms with E-state index in [2.05, 4.69) is 0 Å². The molecule has 0 N–H and O–H groups in total. The Labute approximate surface area is 198 Å². The van der Waals surface area contributed by atoms with Gasteiger partial charge in [-0.1, -0.05) is 19.4 Å². The van der Waals surface area contributed by atoms with Crippen LogP contribution in [0.15, 0.2) is 39.5 Å². The number of fused-ring (bicyclic) bond motifs is 2. The Hall–Kier alpha value is -3.48. The van der Waals surface area contributed by atoms with Crippen molar-refractivity contribution in [1.29, 1.82) is 0 Å². The summed E-state index contributed by atoms with van der Waals surface area (Å²) in [5, 5.41) is 0.462. The molecule has 7 heteroatoms. The van der Waals surface area contributed by atoms with Crippen LogP contribution in [0.25, 0.3) is 22.1 Å². The summed E-state index contributed by atoms with van der Waals surface area (Å²) < 4.78 is 28.5. The van der Waals surface area contributed by atoms with E-state index >= 15 is 0 Å². The highest BCUT2D eigenvalue weighted by atomic mass is 16.6. The third-order valence-corrected chi connectivity index (χ3v) is 5.37. The van der Waals surface area contributed by atoms with Gasteiger partial charge in [0.2, 0.25) is 5.43 Å². The van der Waals surface area contributed by atoms with Crippen LogP contribution in [0.2, 0.25) is 0 Å². The summed E-state index contributed by atoms with van der Waals surface area (Å²) in [7, 11) is 0. The maximum Gasteiger partial charge on any atom is 0.344 e. The summed E-state index contributed by atoms with van der Waals surface area (Å²) in [6.45, 7) is 9.96. The smallest absolute Gasteiger partial charge is 0.344 e. The predicted molar refractivity (Wildman–Crippen MR) is 129 cm³/mol. The highest BCUT2D eigenvalue weighted by Crippen LogP contribution is 2.36. The number of esters is 1. The molecule has 1 aliphatic rings. The van der Waals surface area contributed by atoms with Crippen molar-refractivity contribution in [2.24, 2.45) is 0 Å². The first-order valence-corrected chi connectivity index (χ1v) is 11.5. The lowest BCUT2D eigenvalue weighted by atomic mass is 9.99.